The number of para-hydroxylation sites is 1. The van der Waals surface area contributed by atoms with Crippen molar-refractivity contribution >= 4 is 11.6 Å². The van der Waals surface area contributed by atoms with Crippen LogP contribution in [0.25, 0.3) is 11.5 Å². The lowest BCUT2D eigenvalue weighted by atomic mass is 9.87. The minimum atomic E-state index is -0.413. The van der Waals surface area contributed by atoms with Crippen molar-refractivity contribution in [2.45, 2.75) is 38.5 Å². The second kappa shape index (κ2) is 6.86. The van der Waals surface area contributed by atoms with Crippen LogP contribution in [0.4, 0.5) is 10.1 Å². The number of carbonyl (C=O) groups excluding carboxylic acids is 1. The summed E-state index contributed by atoms with van der Waals surface area (Å²) in [7, 11) is 0. The van der Waals surface area contributed by atoms with Crippen LogP contribution < -0.4 is 4.90 Å². The molecule has 1 aliphatic heterocycles. The number of aromatic nitrogens is 2. The molecule has 4 rings (SSSR count). The zero-order chi connectivity index (χ0) is 19.9. The predicted molar refractivity (Wildman–Crippen MR) is 105 cm³/mol. The highest BCUT2D eigenvalue weighted by Gasteiger charge is 2.35. The molecule has 0 spiro atoms. The van der Waals surface area contributed by atoms with Gasteiger partial charge in [-0.05, 0) is 35.2 Å². The quantitative estimate of drug-likeness (QED) is 0.662. The second-order valence-electron chi connectivity index (χ2n) is 8.14. The van der Waals surface area contributed by atoms with Gasteiger partial charge in [0.05, 0.1) is 5.69 Å². The Morgan fingerprint density at radius 2 is 1.82 bits per heavy atom. The van der Waals surface area contributed by atoms with E-state index < -0.39 is 5.82 Å². The number of amides is 1. The SMILES string of the molecule is CC(C)(C)c1ccc(-c2nc(C3CC(=O)N(c4ccccc4F)C3)no2)cc1. The molecule has 0 bridgehead atoms. The molecule has 2 aromatic carbocycles. The highest BCUT2D eigenvalue weighted by molar-refractivity contribution is 5.96. The van der Waals surface area contributed by atoms with Crippen LogP contribution in [-0.4, -0.2) is 22.6 Å². The fourth-order valence-corrected chi connectivity index (χ4v) is 3.41. The fourth-order valence-electron chi connectivity index (χ4n) is 3.41. The van der Waals surface area contributed by atoms with Gasteiger partial charge in [-0.3, -0.25) is 4.79 Å². The lowest BCUT2D eigenvalue weighted by Gasteiger charge is -2.18. The zero-order valence-electron chi connectivity index (χ0n) is 16.1. The van der Waals surface area contributed by atoms with E-state index in [0.717, 1.165) is 5.56 Å². The maximum Gasteiger partial charge on any atom is 0.257 e. The van der Waals surface area contributed by atoms with Crippen molar-refractivity contribution in [2.24, 2.45) is 0 Å². The number of nitrogens with zero attached hydrogens (tertiary/aromatic N) is 3. The molecule has 5 nitrogen and oxygen atoms in total. The van der Waals surface area contributed by atoms with Crippen molar-refractivity contribution < 1.29 is 13.7 Å². The molecule has 1 atom stereocenters. The first-order valence-corrected chi connectivity index (χ1v) is 9.32. The van der Waals surface area contributed by atoms with Crippen LogP contribution in [0.2, 0.25) is 0 Å². The number of benzene rings is 2. The number of halogens is 1. The first-order valence-electron chi connectivity index (χ1n) is 9.32. The summed E-state index contributed by atoms with van der Waals surface area (Å²) < 4.78 is 19.5. The van der Waals surface area contributed by atoms with E-state index in [-0.39, 0.29) is 29.3 Å². The van der Waals surface area contributed by atoms with Gasteiger partial charge in [0.15, 0.2) is 5.82 Å². The van der Waals surface area contributed by atoms with E-state index in [1.54, 1.807) is 18.2 Å². The first-order chi connectivity index (χ1) is 13.3. The summed E-state index contributed by atoms with van der Waals surface area (Å²) in [6.45, 7) is 6.81. The Kier molecular flexibility index (Phi) is 4.49. The second-order valence-corrected chi connectivity index (χ2v) is 8.14. The van der Waals surface area contributed by atoms with Gasteiger partial charge in [-0.1, -0.05) is 50.2 Å². The maximum atomic E-state index is 14.0. The third-order valence-electron chi connectivity index (χ3n) is 5.07. The van der Waals surface area contributed by atoms with E-state index in [1.807, 2.05) is 12.1 Å². The van der Waals surface area contributed by atoms with Gasteiger partial charge in [-0.2, -0.15) is 4.98 Å². The van der Waals surface area contributed by atoms with Crippen molar-refractivity contribution in [1.82, 2.24) is 10.1 Å². The molecular formula is C22H22FN3O2. The summed E-state index contributed by atoms with van der Waals surface area (Å²) in [5.74, 6) is 0.119. The molecule has 1 fully saturated rings. The third-order valence-corrected chi connectivity index (χ3v) is 5.07. The molecule has 1 saturated heterocycles. The molecule has 1 amide bonds. The summed E-state index contributed by atoms with van der Waals surface area (Å²) in [6, 6.07) is 14.3. The van der Waals surface area contributed by atoms with Crippen LogP contribution in [0.1, 0.15) is 44.5 Å². The molecule has 1 aromatic heterocycles. The number of hydrogen-bond donors (Lipinski definition) is 0. The maximum absolute atomic E-state index is 14.0. The molecule has 0 radical (unpaired) electrons. The highest BCUT2D eigenvalue weighted by atomic mass is 19.1. The predicted octanol–water partition coefficient (Wildman–Crippen LogP) is 4.69. The topological polar surface area (TPSA) is 59.2 Å². The summed E-state index contributed by atoms with van der Waals surface area (Å²) in [5, 5.41) is 4.07. The Balaban J connectivity index is 1.54. The van der Waals surface area contributed by atoms with Crippen molar-refractivity contribution in [1.29, 1.82) is 0 Å². The zero-order valence-corrected chi connectivity index (χ0v) is 16.1. The van der Waals surface area contributed by atoms with Gasteiger partial charge in [0, 0.05) is 24.4 Å². The van der Waals surface area contributed by atoms with Crippen LogP contribution >= 0.6 is 0 Å². The number of carbonyl (C=O) groups is 1. The minimum Gasteiger partial charge on any atom is -0.334 e. The molecule has 0 N–H and O–H groups in total. The van der Waals surface area contributed by atoms with E-state index in [1.165, 1.54) is 16.5 Å². The molecular weight excluding hydrogens is 357 g/mol. The molecule has 1 aliphatic rings. The summed E-state index contributed by atoms with van der Waals surface area (Å²) in [4.78, 5) is 18.3. The first kappa shape index (κ1) is 18.3. The summed E-state index contributed by atoms with van der Waals surface area (Å²) in [6.07, 6.45) is 0.232. The van der Waals surface area contributed by atoms with E-state index in [0.29, 0.717) is 18.3 Å². The van der Waals surface area contributed by atoms with Gasteiger partial charge in [-0.25, -0.2) is 4.39 Å². The van der Waals surface area contributed by atoms with Gasteiger partial charge < -0.3 is 9.42 Å². The molecule has 144 valence electrons. The van der Waals surface area contributed by atoms with E-state index in [4.69, 9.17) is 4.52 Å². The molecule has 0 aliphatic carbocycles. The Morgan fingerprint density at radius 3 is 2.50 bits per heavy atom. The van der Waals surface area contributed by atoms with E-state index in [9.17, 15) is 9.18 Å². The average Bonchev–Trinajstić information content (AvgIpc) is 3.29. The van der Waals surface area contributed by atoms with Gasteiger partial charge >= 0.3 is 0 Å². The summed E-state index contributed by atoms with van der Waals surface area (Å²) in [5.41, 5.74) is 2.41. The van der Waals surface area contributed by atoms with Gasteiger partial charge in [-0.15, -0.1) is 0 Å². The number of anilines is 1. The smallest absolute Gasteiger partial charge is 0.257 e. The molecule has 0 saturated carbocycles. The Morgan fingerprint density at radius 1 is 1.11 bits per heavy atom. The molecule has 1 unspecified atom stereocenters. The van der Waals surface area contributed by atoms with Crippen molar-refractivity contribution in [3.8, 4) is 11.5 Å². The lowest BCUT2D eigenvalue weighted by Crippen LogP contribution is -2.25. The number of hydrogen-bond acceptors (Lipinski definition) is 4. The molecule has 6 heteroatoms. The molecule has 2 heterocycles. The van der Waals surface area contributed by atoms with Gasteiger partial charge in [0.25, 0.3) is 5.89 Å². The van der Waals surface area contributed by atoms with Crippen molar-refractivity contribution in [3.63, 3.8) is 0 Å². The van der Waals surface area contributed by atoms with Crippen molar-refractivity contribution in [3.05, 3.63) is 65.7 Å². The third kappa shape index (κ3) is 3.42. The Hall–Kier alpha value is -3.02. The average molecular weight is 379 g/mol. The summed E-state index contributed by atoms with van der Waals surface area (Å²) >= 11 is 0. The fraction of sp³-hybridized carbons (Fsp3) is 0.318. The number of rotatable bonds is 3. The minimum absolute atomic E-state index is 0.0684. The van der Waals surface area contributed by atoms with Crippen LogP contribution in [0.5, 0.6) is 0 Å². The van der Waals surface area contributed by atoms with Gasteiger partial charge in [0.2, 0.25) is 5.91 Å². The Bertz CT molecular complexity index is 1010. The highest BCUT2D eigenvalue weighted by Crippen LogP contribution is 2.33. The Labute approximate surface area is 163 Å². The molecule has 28 heavy (non-hydrogen) atoms. The van der Waals surface area contributed by atoms with Crippen LogP contribution in [0.15, 0.2) is 53.1 Å². The standard InChI is InChI=1S/C22H22FN3O2/c1-22(2,3)16-10-8-14(9-11-16)21-24-20(25-28-21)15-12-19(27)26(13-15)18-7-5-4-6-17(18)23/h4-11,15H,12-13H2,1-3H3. The van der Waals surface area contributed by atoms with Crippen LogP contribution in [0, 0.1) is 5.82 Å². The van der Waals surface area contributed by atoms with Gasteiger partial charge in [0.1, 0.15) is 5.82 Å². The normalized spacial score (nSPS) is 17.4. The molecule has 3 aromatic rings. The van der Waals surface area contributed by atoms with E-state index >= 15 is 0 Å². The van der Waals surface area contributed by atoms with Crippen LogP contribution in [-0.2, 0) is 10.2 Å². The monoisotopic (exact) mass is 379 g/mol. The van der Waals surface area contributed by atoms with E-state index in [2.05, 4.69) is 43.0 Å². The van der Waals surface area contributed by atoms with Crippen LogP contribution in [0.3, 0.4) is 0 Å². The largest absolute Gasteiger partial charge is 0.334 e. The lowest BCUT2D eigenvalue weighted by molar-refractivity contribution is -0.117. The van der Waals surface area contributed by atoms with Crippen molar-refractivity contribution in [2.75, 3.05) is 11.4 Å².